The average molecular weight is 622 g/mol. The van der Waals surface area contributed by atoms with Gasteiger partial charge in [-0.05, 0) is 86.2 Å². The number of aromatic hydroxyl groups is 1. The minimum Gasteiger partial charge on any atom is -0.505 e. The number of benzene rings is 3. The fraction of sp³-hybridized carbons (Fsp3) is 0.364. The molecule has 10 heteroatoms. The third-order valence-corrected chi connectivity index (χ3v) is 8.28. The molecule has 228 valence electrons. The van der Waals surface area contributed by atoms with Crippen LogP contribution in [-0.2, 0) is 20.0 Å². The molecule has 4 aromatic rings. The number of fused-ring (bicyclic) bond motifs is 1. The van der Waals surface area contributed by atoms with E-state index in [4.69, 9.17) is 14.2 Å². The van der Waals surface area contributed by atoms with Crippen molar-refractivity contribution in [2.45, 2.75) is 75.5 Å². The third-order valence-electron chi connectivity index (χ3n) is 6.51. The quantitative estimate of drug-likeness (QED) is 0.0489. The van der Waals surface area contributed by atoms with Gasteiger partial charge in [0.05, 0.1) is 18.6 Å². The van der Waals surface area contributed by atoms with Crippen molar-refractivity contribution in [1.82, 2.24) is 15.0 Å². The van der Waals surface area contributed by atoms with Crippen molar-refractivity contribution in [1.29, 1.82) is 0 Å². The Balaban J connectivity index is 1.24. The molecule has 0 amide bonds. The van der Waals surface area contributed by atoms with E-state index in [2.05, 4.69) is 37.3 Å². The van der Waals surface area contributed by atoms with Gasteiger partial charge in [0.2, 0.25) is 0 Å². The Morgan fingerprint density at radius 3 is 2.37 bits per heavy atom. The second kappa shape index (κ2) is 14.8. The Hall–Kier alpha value is -3.47. The second-order valence-electron chi connectivity index (χ2n) is 11.4. The molecule has 1 aromatic heterocycles. The molecular weight excluding hydrogens is 583 g/mol. The highest BCUT2D eigenvalue weighted by molar-refractivity contribution is 7.99. The van der Waals surface area contributed by atoms with Crippen LogP contribution in [0.2, 0.25) is 0 Å². The molecular formula is C33H39N3O5S2. The van der Waals surface area contributed by atoms with Gasteiger partial charge >= 0.3 is 5.97 Å². The SMILES string of the molecule is C=C(C)C(=O)OOCCCCCCSOc1ccc(Sc2ccc3nn(-c4cc(C)cc(C(C)(C)C)c4O)nc3c2)cc1. The monoisotopic (exact) mass is 621 g/mol. The van der Waals surface area contributed by atoms with E-state index in [9.17, 15) is 9.90 Å². The fourth-order valence-electron chi connectivity index (χ4n) is 4.20. The van der Waals surface area contributed by atoms with E-state index in [1.54, 1.807) is 18.7 Å². The molecule has 8 nitrogen and oxygen atoms in total. The van der Waals surface area contributed by atoms with Gasteiger partial charge < -0.3 is 9.29 Å². The van der Waals surface area contributed by atoms with E-state index >= 15 is 0 Å². The lowest BCUT2D eigenvalue weighted by molar-refractivity contribution is -0.268. The maximum atomic E-state index is 11.2. The highest BCUT2D eigenvalue weighted by Gasteiger charge is 2.22. The summed E-state index contributed by atoms with van der Waals surface area (Å²) in [5.74, 6) is 1.38. The van der Waals surface area contributed by atoms with Crippen molar-refractivity contribution in [3.8, 4) is 17.2 Å². The summed E-state index contributed by atoms with van der Waals surface area (Å²) in [7, 11) is 0. The third kappa shape index (κ3) is 9.26. The van der Waals surface area contributed by atoms with E-state index in [0.717, 1.165) is 69.1 Å². The maximum Gasteiger partial charge on any atom is 0.368 e. The van der Waals surface area contributed by atoms with Gasteiger partial charge in [0.1, 0.15) is 28.2 Å². The number of phenols is 1. The standard InChI is InChI=1S/C33H39N3O5S2/c1-22(2)32(38)40-39-17-9-7-8-10-18-42-41-24-11-13-25(14-12-24)43-26-15-16-28-29(21-26)35-36(34-28)30-20-23(3)19-27(31(30)37)33(4,5)6/h11-16,19-21,37H,1,7-10,17-18H2,2-6H3. The van der Waals surface area contributed by atoms with E-state index in [1.807, 2.05) is 61.5 Å². The molecule has 3 aromatic carbocycles. The number of phenolic OH excluding ortho intramolecular Hbond substituents is 1. The number of aromatic nitrogens is 3. The predicted octanol–water partition coefficient (Wildman–Crippen LogP) is 8.52. The van der Waals surface area contributed by atoms with Crippen molar-refractivity contribution >= 4 is 40.8 Å². The Morgan fingerprint density at radius 1 is 0.953 bits per heavy atom. The molecule has 0 aliphatic heterocycles. The minimum absolute atomic E-state index is 0.206. The van der Waals surface area contributed by atoms with Crippen LogP contribution in [-0.4, -0.2) is 38.4 Å². The molecule has 0 bridgehead atoms. The average Bonchev–Trinajstić information content (AvgIpc) is 3.38. The highest BCUT2D eigenvalue weighted by atomic mass is 32.2. The first-order valence-electron chi connectivity index (χ1n) is 14.3. The van der Waals surface area contributed by atoms with Gasteiger partial charge in [0, 0.05) is 26.7 Å². The number of rotatable bonds is 14. The molecule has 0 unspecified atom stereocenters. The Labute approximate surface area is 261 Å². The van der Waals surface area contributed by atoms with Gasteiger partial charge in [-0.3, -0.25) is 4.89 Å². The summed E-state index contributed by atoms with van der Waals surface area (Å²) >= 11 is 3.09. The molecule has 43 heavy (non-hydrogen) atoms. The van der Waals surface area contributed by atoms with Gasteiger partial charge in [-0.25, -0.2) is 4.79 Å². The molecule has 0 spiro atoms. The summed E-state index contributed by atoms with van der Waals surface area (Å²) in [6, 6.07) is 18.0. The normalized spacial score (nSPS) is 11.6. The van der Waals surface area contributed by atoms with E-state index in [-0.39, 0.29) is 11.2 Å². The smallest absolute Gasteiger partial charge is 0.368 e. The summed E-state index contributed by atoms with van der Waals surface area (Å²) in [5, 5.41) is 20.3. The fourth-order valence-corrected chi connectivity index (χ4v) is 5.70. The van der Waals surface area contributed by atoms with Crippen LogP contribution in [0, 0.1) is 6.92 Å². The predicted molar refractivity (Wildman–Crippen MR) is 173 cm³/mol. The Kier molecular flexibility index (Phi) is 11.2. The van der Waals surface area contributed by atoms with Crippen LogP contribution in [0.5, 0.6) is 11.5 Å². The largest absolute Gasteiger partial charge is 0.505 e. The summed E-state index contributed by atoms with van der Waals surface area (Å²) < 4.78 is 5.83. The van der Waals surface area contributed by atoms with E-state index < -0.39 is 5.97 Å². The summed E-state index contributed by atoms with van der Waals surface area (Å²) in [6.07, 6.45) is 3.89. The first-order valence-corrected chi connectivity index (χ1v) is 16.0. The van der Waals surface area contributed by atoms with Gasteiger partial charge in [-0.2, -0.15) is 4.89 Å². The van der Waals surface area contributed by atoms with Crippen molar-refractivity contribution in [2.75, 3.05) is 12.4 Å². The highest BCUT2D eigenvalue weighted by Crippen LogP contribution is 2.36. The molecule has 1 N–H and O–H groups in total. The number of unbranched alkanes of at least 4 members (excludes halogenated alkanes) is 3. The summed E-state index contributed by atoms with van der Waals surface area (Å²) in [6.45, 7) is 13.7. The molecule has 0 atom stereocenters. The lowest BCUT2D eigenvalue weighted by Crippen LogP contribution is -2.13. The number of carbonyl (C=O) groups is 1. The van der Waals surface area contributed by atoms with Crippen molar-refractivity contribution < 1.29 is 23.9 Å². The molecule has 1 heterocycles. The lowest BCUT2D eigenvalue weighted by atomic mass is 9.85. The summed E-state index contributed by atoms with van der Waals surface area (Å²) in [5.41, 5.74) is 4.14. The number of hydrogen-bond donors (Lipinski definition) is 1. The van der Waals surface area contributed by atoms with Crippen LogP contribution in [0.3, 0.4) is 0 Å². The van der Waals surface area contributed by atoms with Crippen LogP contribution in [0.4, 0.5) is 0 Å². The zero-order valence-corrected chi connectivity index (χ0v) is 27.0. The maximum absolute atomic E-state index is 11.2. The second-order valence-corrected chi connectivity index (χ2v) is 13.4. The molecule has 0 fully saturated rings. The summed E-state index contributed by atoms with van der Waals surface area (Å²) in [4.78, 5) is 24.4. The van der Waals surface area contributed by atoms with E-state index in [0.29, 0.717) is 17.9 Å². The van der Waals surface area contributed by atoms with Crippen LogP contribution >= 0.6 is 23.8 Å². The number of hydrogen-bond acceptors (Lipinski definition) is 9. The lowest BCUT2D eigenvalue weighted by Gasteiger charge is -2.22. The molecule has 0 saturated heterocycles. The zero-order chi connectivity index (χ0) is 31.0. The van der Waals surface area contributed by atoms with Crippen molar-refractivity contribution in [2.24, 2.45) is 0 Å². The number of carbonyl (C=O) groups excluding carboxylic acids is 1. The van der Waals surface area contributed by atoms with Gasteiger partial charge in [-0.15, -0.1) is 15.0 Å². The van der Waals surface area contributed by atoms with Gasteiger partial charge in [-0.1, -0.05) is 58.0 Å². The first-order chi connectivity index (χ1) is 20.5. The topological polar surface area (TPSA) is 95.7 Å². The van der Waals surface area contributed by atoms with E-state index in [1.165, 1.54) is 16.8 Å². The first kappa shape index (κ1) is 32.4. The minimum atomic E-state index is -0.529. The molecule has 0 aliphatic carbocycles. The molecule has 4 rings (SSSR count). The molecule has 0 saturated carbocycles. The van der Waals surface area contributed by atoms with Crippen LogP contribution in [0.25, 0.3) is 16.7 Å². The Bertz CT molecular complexity index is 1560. The van der Waals surface area contributed by atoms with Crippen molar-refractivity contribution in [3.05, 3.63) is 77.9 Å². The number of nitrogens with zero attached hydrogens (tertiary/aromatic N) is 3. The number of aryl methyl sites for hydroxylation is 1. The van der Waals surface area contributed by atoms with Crippen LogP contribution in [0.1, 0.15) is 64.5 Å². The van der Waals surface area contributed by atoms with Crippen molar-refractivity contribution in [3.63, 3.8) is 0 Å². The Morgan fingerprint density at radius 2 is 1.65 bits per heavy atom. The molecule has 0 radical (unpaired) electrons. The molecule has 0 aliphatic rings. The zero-order valence-electron chi connectivity index (χ0n) is 25.4. The van der Waals surface area contributed by atoms with Gasteiger partial charge in [0.15, 0.2) is 0 Å². The van der Waals surface area contributed by atoms with Crippen LogP contribution < -0.4 is 4.18 Å². The van der Waals surface area contributed by atoms with Gasteiger partial charge in [0.25, 0.3) is 0 Å². The van der Waals surface area contributed by atoms with Crippen LogP contribution in [0.15, 0.2) is 76.5 Å².